The Bertz CT molecular complexity index is 487. The van der Waals surface area contributed by atoms with Gasteiger partial charge in [0.15, 0.2) is 0 Å². The van der Waals surface area contributed by atoms with Gasteiger partial charge in [-0.15, -0.1) is 0 Å². The SMILES string of the molecule is CCNC(=O)c1ccc(N)cc1NC1CCCC(CC)C1. The van der Waals surface area contributed by atoms with E-state index in [9.17, 15) is 4.79 Å². The molecule has 1 aromatic rings. The molecule has 1 aromatic carbocycles. The number of carbonyl (C=O) groups is 1. The van der Waals surface area contributed by atoms with Crippen molar-refractivity contribution in [2.45, 2.75) is 52.0 Å². The second-order valence-corrected chi connectivity index (χ2v) is 5.95. The molecule has 116 valence electrons. The third-order valence-corrected chi connectivity index (χ3v) is 4.35. The van der Waals surface area contributed by atoms with Crippen LogP contribution in [0.2, 0.25) is 0 Å². The van der Waals surface area contributed by atoms with Gasteiger partial charge in [-0.25, -0.2) is 0 Å². The average molecular weight is 289 g/mol. The Labute approximate surface area is 127 Å². The van der Waals surface area contributed by atoms with Crippen molar-refractivity contribution >= 4 is 17.3 Å². The maximum Gasteiger partial charge on any atom is 0.253 e. The smallest absolute Gasteiger partial charge is 0.253 e. The summed E-state index contributed by atoms with van der Waals surface area (Å²) in [6, 6.07) is 5.91. The predicted octanol–water partition coefficient (Wildman–Crippen LogP) is 3.40. The molecule has 0 aromatic heterocycles. The second-order valence-electron chi connectivity index (χ2n) is 5.95. The van der Waals surface area contributed by atoms with E-state index in [4.69, 9.17) is 5.73 Å². The van der Waals surface area contributed by atoms with E-state index >= 15 is 0 Å². The van der Waals surface area contributed by atoms with Crippen LogP contribution >= 0.6 is 0 Å². The quantitative estimate of drug-likeness (QED) is 0.728. The minimum atomic E-state index is -0.0390. The highest BCUT2D eigenvalue weighted by Crippen LogP contribution is 2.30. The van der Waals surface area contributed by atoms with Gasteiger partial charge in [0.25, 0.3) is 5.91 Å². The Kier molecular flexibility index (Phi) is 5.48. The first-order valence-corrected chi connectivity index (χ1v) is 8.08. The number of anilines is 2. The Morgan fingerprint density at radius 2 is 2.14 bits per heavy atom. The summed E-state index contributed by atoms with van der Waals surface area (Å²) < 4.78 is 0. The molecule has 1 aliphatic rings. The topological polar surface area (TPSA) is 67.2 Å². The minimum absolute atomic E-state index is 0.0390. The van der Waals surface area contributed by atoms with Gasteiger partial charge in [-0.2, -0.15) is 0 Å². The lowest BCUT2D eigenvalue weighted by molar-refractivity contribution is 0.0956. The highest BCUT2D eigenvalue weighted by Gasteiger charge is 2.22. The molecule has 0 heterocycles. The van der Waals surface area contributed by atoms with Crippen LogP contribution in [0, 0.1) is 5.92 Å². The normalized spacial score (nSPS) is 21.8. The van der Waals surface area contributed by atoms with Crippen molar-refractivity contribution in [1.29, 1.82) is 0 Å². The summed E-state index contributed by atoms with van der Waals surface area (Å²) in [4.78, 5) is 12.1. The molecule has 2 unspecified atom stereocenters. The number of benzene rings is 1. The molecule has 0 spiro atoms. The van der Waals surface area contributed by atoms with Crippen LogP contribution in [0.5, 0.6) is 0 Å². The van der Waals surface area contributed by atoms with E-state index in [0.717, 1.165) is 11.6 Å². The summed E-state index contributed by atoms with van der Waals surface area (Å²) in [6.45, 7) is 4.81. The monoisotopic (exact) mass is 289 g/mol. The molecule has 1 amide bonds. The summed E-state index contributed by atoms with van der Waals surface area (Å²) in [5.74, 6) is 0.757. The van der Waals surface area contributed by atoms with Crippen LogP contribution in [-0.4, -0.2) is 18.5 Å². The predicted molar refractivity (Wildman–Crippen MR) is 88.5 cm³/mol. The summed E-state index contributed by atoms with van der Waals surface area (Å²) >= 11 is 0. The maximum absolute atomic E-state index is 12.1. The van der Waals surface area contributed by atoms with Crippen LogP contribution in [0.15, 0.2) is 18.2 Å². The van der Waals surface area contributed by atoms with Crippen molar-refractivity contribution in [2.75, 3.05) is 17.6 Å². The number of carbonyl (C=O) groups excluding carboxylic acids is 1. The van der Waals surface area contributed by atoms with E-state index in [-0.39, 0.29) is 5.91 Å². The third-order valence-electron chi connectivity index (χ3n) is 4.35. The van der Waals surface area contributed by atoms with Gasteiger partial charge in [0.2, 0.25) is 0 Å². The molecule has 4 nitrogen and oxygen atoms in total. The van der Waals surface area contributed by atoms with Crippen LogP contribution in [0.4, 0.5) is 11.4 Å². The number of hydrogen-bond donors (Lipinski definition) is 3. The molecule has 2 atom stereocenters. The van der Waals surface area contributed by atoms with Crippen LogP contribution in [-0.2, 0) is 0 Å². The molecule has 1 fully saturated rings. The highest BCUT2D eigenvalue weighted by molar-refractivity contribution is 6.00. The first-order valence-electron chi connectivity index (χ1n) is 8.08. The van der Waals surface area contributed by atoms with Gasteiger partial charge in [0, 0.05) is 24.0 Å². The number of hydrogen-bond acceptors (Lipinski definition) is 3. The molecule has 4 N–H and O–H groups in total. The fourth-order valence-electron chi connectivity index (χ4n) is 3.15. The van der Waals surface area contributed by atoms with Gasteiger partial charge in [-0.05, 0) is 43.9 Å². The van der Waals surface area contributed by atoms with Crippen molar-refractivity contribution in [3.8, 4) is 0 Å². The van der Waals surface area contributed by atoms with E-state index in [1.54, 1.807) is 6.07 Å². The molecular formula is C17H27N3O. The molecule has 0 radical (unpaired) electrons. The molecule has 0 saturated heterocycles. The summed E-state index contributed by atoms with van der Waals surface area (Å²) in [5.41, 5.74) is 8.13. The maximum atomic E-state index is 12.1. The van der Waals surface area contributed by atoms with Gasteiger partial charge < -0.3 is 16.4 Å². The van der Waals surface area contributed by atoms with Crippen LogP contribution in [0.25, 0.3) is 0 Å². The van der Waals surface area contributed by atoms with E-state index in [1.807, 2.05) is 19.1 Å². The van der Waals surface area contributed by atoms with Gasteiger partial charge in [0.1, 0.15) is 0 Å². The molecule has 2 rings (SSSR count). The first-order chi connectivity index (χ1) is 10.1. The fraction of sp³-hybridized carbons (Fsp3) is 0.588. The van der Waals surface area contributed by atoms with Crippen molar-refractivity contribution in [3.05, 3.63) is 23.8 Å². The molecule has 4 heteroatoms. The van der Waals surface area contributed by atoms with Crippen LogP contribution in [0.1, 0.15) is 56.3 Å². The van der Waals surface area contributed by atoms with Gasteiger partial charge in [-0.1, -0.05) is 26.2 Å². The molecule has 0 bridgehead atoms. The molecule has 0 aliphatic heterocycles. The number of nitrogens with one attached hydrogen (secondary N) is 2. The molecule has 1 aliphatic carbocycles. The van der Waals surface area contributed by atoms with Crippen molar-refractivity contribution in [3.63, 3.8) is 0 Å². The Hall–Kier alpha value is -1.71. The molecule has 21 heavy (non-hydrogen) atoms. The van der Waals surface area contributed by atoms with Gasteiger partial charge in [-0.3, -0.25) is 4.79 Å². The van der Waals surface area contributed by atoms with Crippen LogP contribution in [0.3, 0.4) is 0 Å². The van der Waals surface area contributed by atoms with Gasteiger partial charge in [0.05, 0.1) is 5.56 Å². The van der Waals surface area contributed by atoms with E-state index in [2.05, 4.69) is 17.6 Å². The Morgan fingerprint density at radius 3 is 2.86 bits per heavy atom. The Morgan fingerprint density at radius 1 is 1.33 bits per heavy atom. The lowest BCUT2D eigenvalue weighted by Gasteiger charge is -2.30. The van der Waals surface area contributed by atoms with E-state index in [0.29, 0.717) is 23.8 Å². The number of nitrogens with two attached hydrogens (primary N) is 1. The van der Waals surface area contributed by atoms with E-state index < -0.39 is 0 Å². The van der Waals surface area contributed by atoms with Crippen molar-refractivity contribution in [1.82, 2.24) is 5.32 Å². The number of amides is 1. The average Bonchev–Trinajstić information content (AvgIpc) is 2.48. The van der Waals surface area contributed by atoms with Gasteiger partial charge >= 0.3 is 0 Å². The molecular weight excluding hydrogens is 262 g/mol. The zero-order valence-corrected chi connectivity index (χ0v) is 13.1. The Balaban J connectivity index is 2.14. The second kappa shape index (κ2) is 7.34. The highest BCUT2D eigenvalue weighted by atomic mass is 16.1. The van der Waals surface area contributed by atoms with Crippen molar-refractivity contribution in [2.24, 2.45) is 5.92 Å². The zero-order chi connectivity index (χ0) is 15.2. The first kappa shape index (κ1) is 15.7. The van der Waals surface area contributed by atoms with Crippen LogP contribution < -0.4 is 16.4 Å². The summed E-state index contributed by atoms with van der Waals surface area (Å²) in [5, 5.41) is 6.41. The largest absolute Gasteiger partial charge is 0.399 e. The molecule has 1 saturated carbocycles. The van der Waals surface area contributed by atoms with Crippen molar-refractivity contribution < 1.29 is 4.79 Å². The number of nitrogen functional groups attached to an aromatic ring is 1. The summed E-state index contributed by atoms with van der Waals surface area (Å²) in [7, 11) is 0. The zero-order valence-electron chi connectivity index (χ0n) is 13.1. The lowest BCUT2D eigenvalue weighted by atomic mass is 9.84. The third kappa shape index (κ3) is 4.13. The van der Waals surface area contributed by atoms with E-state index in [1.165, 1.54) is 32.1 Å². The minimum Gasteiger partial charge on any atom is -0.399 e. The standard InChI is InChI=1S/C17H27N3O/c1-3-12-6-5-7-14(10-12)20-16-11-13(18)8-9-15(16)17(21)19-4-2/h8-9,11-12,14,20H,3-7,10,18H2,1-2H3,(H,19,21). The summed E-state index contributed by atoms with van der Waals surface area (Å²) in [6.07, 6.45) is 6.17. The fourth-order valence-corrected chi connectivity index (χ4v) is 3.15. The lowest BCUT2D eigenvalue weighted by Crippen LogP contribution is -2.29. The number of rotatable bonds is 5.